The molecule has 2 aliphatic rings. The Morgan fingerprint density at radius 3 is 2.70 bits per heavy atom. The molecular formula is C16H20N2O2. The fourth-order valence-corrected chi connectivity index (χ4v) is 3.28. The van der Waals surface area contributed by atoms with E-state index in [9.17, 15) is 9.59 Å². The average molecular weight is 272 g/mol. The quantitative estimate of drug-likeness (QED) is 0.900. The van der Waals surface area contributed by atoms with Crippen molar-refractivity contribution in [1.82, 2.24) is 0 Å². The van der Waals surface area contributed by atoms with E-state index in [1.54, 1.807) is 0 Å². The van der Waals surface area contributed by atoms with E-state index in [0.29, 0.717) is 0 Å². The third kappa shape index (κ3) is 2.42. The molecule has 1 aromatic carbocycles. The van der Waals surface area contributed by atoms with Gasteiger partial charge in [0.1, 0.15) is 0 Å². The van der Waals surface area contributed by atoms with Crippen LogP contribution in [0.4, 0.5) is 11.4 Å². The summed E-state index contributed by atoms with van der Waals surface area (Å²) >= 11 is 0. The zero-order valence-electron chi connectivity index (χ0n) is 11.8. The normalized spacial score (nSPS) is 18.1. The second-order valence-electron chi connectivity index (χ2n) is 5.75. The number of nitrogens with one attached hydrogen (secondary N) is 1. The van der Waals surface area contributed by atoms with E-state index in [4.69, 9.17) is 0 Å². The van der Waals surface area contributed by atoms with Crippen LogP contribution in [-0.4, -0.2) is 18.4 Å². The zero-order valence-corrected chi connectivity index (χ0v) is 11.8. The molecule has 0 aromatic heterocycles. The van der Waals surface area contributed by atoms with Gasteiger partial charge in [0.2, 0.25) is 11.8 Å². The molecule has 1 aliphatic heterocycles. The maximum Gasteiger partial charge on any atom is 0.230 e. The lowest BCUT2D eigenvalue weighted by Gasteiger charge is -2.21. The van der Waals surface area contributed by atoms with Gasteiger partial charge in [0, 0.05) is 30.8 Å². The van der Waals surface area contributed by atoms with E-state index in [1.165, 1.54) is 25.3 Å². The number of nitrogens with zero attached hydrogens (tertiary/aromatic N) is 1. The molecule has 20 heavy (non-hydrogen) atoms. The number of amides is 2. The first-order valence-corrected chi connectivity index (χ1v) is 7.37. The van der Waals surface area contributed by atoms with Gasteiger partial charge in [-0.25, -0.2) is 0 Å². The van der Waals surface area contributed by atoms with Gasteiger partial charge >= 0.3 is 0 Å². The molecule has 4 nitrogen and oxygen atoms in total. The summed E-state index contributed by atoms with van der Waals surface area (Å²) < 4.78 is 0. The van der Waals surface area contributed by atoms with Crippen LogP contribution in [0.5, 0.6) is 0 Å². The molecule has 0 atom stereocenters. The van der Waals surface area contributed by atoms with E-state index in [1.807, 2.05) is 23.1 Å². The summed E-state index contributed by atoms with van der Waals surface area (Å²) in [6.45, 7) is 2.27. The number of fused-ring (bicyclic) bond motifs is 1. The smallest absolute Gasteiger partial charge is 0.230 e. The summed E-state index contributed by atoms with van der Waals surface area (Å²) in [5.41, 5.74) is 2.95. The molecule has 0 saturated heterocycles. The summed E-state index contributed by atoms with van der Waals surface area (Å²) in [5, 5.41) is 2.79. The summed E-state index contributed by atoms with van der Waals surface area (Å²) in [6, 6.07) is 5.85. The Morgan fingerprint density at radius 2 is 2.00 bits per heavy atom. The van der Waals surface area contributed by atoms with E-state index in [2.05, 4.69) is 5.32 Å². The van der Waals surface area contributed by atoms with Gasteiger partial charge in [0.05, 0.1) is 0 Å². The molecule has 1 aliphatic carbocycles. The van der Waals surface area contributed by atoms with Crippen LogP contribution in [0.2, 0.25) is 0 Å². The minimum atomic E-state index is -0.0865. The second kappa shape index (κ2) is 5.27. The monoisotopic (exact) mass is 272 g/mol. The van der Waals surface area contributed by atoms with Crippen molar-refractivity contribution in [1.29, 1.82) is 0 Å². The van der Waals surface area contributed by atoms with Gasteiger partial charge in [0.15, 0.2) is 0 Å². The molecular weight excluding hydrogens is 252 g/mol. The first kappa shape index (κ1) is 13.2. The fourth-order valence-electron chi connectivity index (χ4n) is 3.28. The highest BCUT2D eigenvalue weighted by atomic mass is 16.2. The summed E-state index contributed by atoms with van der Waals surface area (Å²) in [5.74, 6) is 0.378. The SMILES string of the molecule is CC(=O)Nc1ccc2c(c1)N(C(=O)C1CCCC1)CC2. The van der Waals surface area contributed by atoms with Crippen LogP contribution in [0.15, 0.2) is 18.2 Å². The summed E-state index contributed by atoms with van der Waals surface area (Å²) in [7, 11) is 0. The highest BCUT2D eigenvalue weighted by Crippen LogP contribution is 2.35. The van der Waals surface area contributed by atoms with Crippen LogP contribution in [0.3, 0.4) is 0 Å². The highest BCUT2D eigenvalue weighted by molar-refractivity contribution is 5.98. The van der Waals surface area contributed by atoms with Gasteiger partial charge in [0.25, 0.3) is 0 Å². The van der Waals surface area contributed by atoms with Gasteiger partial charge < -0.3 is 10.2 Å². The minimum Gasteiger partial charge on any atom is -0.326 e. The molecule has 1 heterocycles. The third-order valence-corrected chi connectivity index (χ3v) is 4.27. The Hall–Kier alpha value is -1.84. The maximum absolute atomic E-state index is 12.6. The number of benzene rings is 1. The lowest BCUT2D eigenvalue weighted by atomic mass is 10.1. The first-order chi connectivity index (χ1) is 9.65. The van der Waals surface area contributed by atoms with Crippen LogP contribution >= 0.6 is 0 Å². The molecule has 1 N–H and O–H groups in total. The molecule has 0 radical (unpaired) electrons. The third-order valence-electron chi connectivity index (χ3n) is 4.27. The molecule has 0 unspecified atom stereocenters. The number of anilines is 2. The fraction of sp³-hybridized carbons (Fsp3) is 0.500. The van der Waals surface area contributed by atoms with Gasteiger partial charge in [-0.3, -0.25) is 9.59 Å². The number of rotatable bonds is 2. The number of hydrogen-bond acceptors (Lipinski definition) is 2. The Bertz CT molecular complexity index is 547. The largest absolute Gasteiger partial charge is 0.326 e. The van der Waals surface area contributed by atoms with Crippen molar-refractivity contribution < 1.29 is 9.59 Å². The van der Waals surface area contributed by atoms with Crippen molar-refractivity contribution >= 4 is 23.2 Å². The number of hydrogen-bond donors (Lipinski definition) is 1. The van der Waals surface area contributed by atoms with E-state index in [0.717, 1.165) is 37.2 Å². The topological polar surface area (TPSA) is 49.4 Å². The van der Waals surface area contributed by atoms with Crippen LogP contribution in [0, 0.1) is 5.92 Å². The number of carbonyl (C=O) groups excluding carboxylic acids is 2. The molecule has 3 rings (SSSR count). The zero-order chi connectivity index (χ0) is 14.1. The van der Waals surface area contributed by atoms with Crippen LogP contribution < -0.4 is 10.2 Å². The second-order valence-corrected chi connectivity index (χ2v) is 5.75. The summed E-state index contributed by atoms with van der Waals surface area (Å²) in [6.07, 6.45) is 5.30. The standard InChI is InChI=1S/C16H20N2O2/c1-11(19)17-14-7-6-12-8-9-18(15(12)10-14)16(20)13-4-2-3-5-13/h6-7,10,13H,2-5,8-9H2,1H3,(H,17,19). The maximum atomic E-state index is 12.6. The molecule has 0 bridgehead atoms. The Morgan fingerprint density at radius 1 is 1.25 bits per heavy atom. The van der Waals surface area contributed by atoms with E-state index < -0.39 is 0 Å². The minimum absolute atomic E-state index is 0.0865. The van der Waals surface area contributed by atoms with E-state index in [-0.39, 0.29) is 17.7 Å². The molecule has 0 spiro atoms. The summed E-state index contributed by atoms with van der Waals surface area (Å²) in [4.78, 5) is 25.6. The van der Waals surface area contributed by atoms with Gasteiger partial charge in [-0.2, -0.15) is 0 Å². The molecule has 2 amide bonds. The lowest BCUT2D eigenvalue weighted by Crippen LogP contribution is -2.33. The van der Waals surface area contributed by atoms with Gasteiger partial charge in [-0.05, 0) is 37.0 Å². The predicted octanol–water partition coefficient (Wildman–Crippen LogP) is 2.72. The van der Waals surface area contributed by atoms with E-state index >= 15 is 0 Å². The molecule has 1 aromatic rings. The lowest BCUT2D eigenvalue weighted by molar-refractivity contribution is -0.122. The van der Waals surface area contributed by atoms with Crippen molar-refractivity contribution in [2.45, 2.75) is 39.0 Å². The molecule has 106 valence electrons. The molecule has 4 heteroatoms. The van der Waals surface area contributed by atoms with Crippen LogP contribution in [-0.2, 0) is 16.0 Å². The Labute approximate surface area is 119 Å². The van der Waals surface area contributed by atoms with Gasteiger partial charge in [-0.1, -0.05) is 18.9 Å². The van der Waals surface area contributed by atoms with Crippen molar-refractivity contribution in [2.75, 3.05) is 16.8 Å². The molecule has 1 saturated carbocycles. The Kier molecular flexibility index (Phi) is 3.47. The average Bonchev–Trinajstić information content (AvgIpc) is 3.06. The van der Waals surface area contributed by atoms with Gasteiger partial charge in [-0.15, -0.1) is 0 Å². The highest BCUT2D eigenvalue weighted by Gasteiger charge is 2.31. The number of carbonyl (C=O) groups is 2. The predicted molar refractivity (Wildman–Crippen MR) is 78.8 cm³/mol. The van der Waals surface area contributed by atoms with Crippen LogP contribution in [0.1, 0.15) is 38.2 Å². The Balaban J connectivity index is 1.84. The molecule has 1 fully saturated rings. The van der Waals surface area contributed by atoms with Crippen molar-refractivity contribution in [3.8, 4) is 0 Å². The van der Waals surface area contributed by atoms with Crippen molar-refractivity contribution in [3.63, 3.8) is 0 Å². The van der Waals surface area contributed by atoms with Crippen LogP contribution in [0.25, 0.3) is 0 Å². The van der Waals surface area contributed by atoms with Crippen molar-refractivity contribution in [2.24, 2.45) is 5.92 Å². The first-order valence-electron chi connectivity index (χ1n) is 7.37. The van der Waals surface area contributed by atoms with Crippen molar-refractivity contribution in [3.05, 3.63) is 23.8 Å².